The molecule has 0 aromatic rings. The van der Waals surface area contributed by atoms with Gasteiger partial charge in [-0.25, -0.2) is 0 Å². The highest BCUT2D eigenvalue weighted by atomic mass is 79.9. The lowest BCUT2D eigenvalue weighted by Gasteiger charge is -2.38. The zero-order valence-electron chi connectivity index (χ0n) is 9.10. The highest BCUT2D eigenvalue weighted by Gasteiger charge is 2.33. The van der Waals surface area contributed by atoms with Gasteiger partial charge < -0.3 is 4.90 Å². The number of alkyl halides is 1. The van der Waals surface area contributed by atoms with Crippen LogP contribution in [0.15, 0.2) is 0 Å². The molecule has 1 aliphatic carbocycles. The molecule has 0 N–H and O–H groups in total. The van der Waals surface area contributed by atoms with Crippen molar-refractivity contribution in [1.29, 1.82) is 0 Å². The van der Waals surface area contributed by atoms with Gasteiger partial charge in [-0.2, -0.15) is 0 Å². The molecule has 1 aliphatic heterocycles. The van der Waals surface area contributed by atoms with E-state index in [2.05, 4.69) is 20.8 Å². The van der Waals surface area contributed by atoms with Crippen LogP contribution in [-0.4, -0.2) is 29.9 Å². The molecule has 0 spiro atoms. The van der Waals surface area contributed by atoms with Gasteiger partial charge in [-0.15, -0.1) is 0 Å². The van der Waals surface area contributed by atoms with Crippen LogP contribution in [0.2, 0.25) is 0 Å². The van der Waals surface area contributed by atoms with Crippen LogP contribution in [0.3, 0.4) is 0 Å². The molecule has 0 radical (unpaired) electrons. The fourth-order valence-corrected chi connectivity index (χ4v) is 3.79. The van der Waals surface area contributed by atoms with Crippen molar-refractivity contribution in [2.45, 2.75) is 44.9 Å². The first kappa shape index (κ1) is 10.9. The van der Waals surface area contributed by atoms with E-state index in [4.69, 9.17) is 0 Å². The third kappa shape index (κ3) is 2.52. The molecule has 0 amide bonds. The van der Waals surface area contributed by atoms with Gasteiger partial charge in [-0.1, -0.05) is 35.2 Å². The van der Waals surface area contributed by atoms with Gasteiger partial charge >= 0.3 is 0 Å². The lowest BCUT2D eigenvalue weighted by Crippen LogP contribution is -2.39. The topological polar surface area (TPSA) is 3.24 Å². The van der Waals surface area contributed by atoms with Gasteiger partial charge in [0.15, 0.2) is 0 Å². The molecule has 0 aromatic heterocycles. The van der Waals surface area contributed by atoms with Crippen molar-refractivity contribution in [3.8, 4) is 0 Å². The Bertz CT molecular complexity index is 169. The van der Waals surface area contributed by atoms with Crippen LogP contribution in [0.5, 0.6) is 0 Å². The van der Waals surface area contributed by atoms with Crippen LogP contribution in [0.25, 0.3) is 0 Å². The third-order valence-corrected chi connectivity index (χ3v) is 5.14. The van der Waals surface area contributed by atoms with E-state index >= 15 is 0 Å². The van der Waals surface area contributed by atoms with Crippen LogP contribution in [0, 0.1) is 5.41 Å². The van der Waals surface area contributed by atoms with Crippen molar-refractivity contribution < 1.29 is 0 Å². The van der Waals surface area contributed by atoms with Gasteiger partial charge in [0.05, 0.1) is 0 Å². The van der Waals surface area contributed by atoms with Crippen molar-refractivity contribution in [2.75, 3.05) is 25.0 Å². The summed E-state index contributed by atoms with van der Waals surface area (Å²) >= 11 is 3.75. The molecule has 14 heavy (non-hydrogen) atoms. The number of halogens is 1. The van der Waals surface area contributed by atoms with Gasteiger partial charge in [-0.05, 0) is 44.2 Å². The van der Waals surface area contributed by atoms with E-state index in [1.54, 1.807) is 0 Å². The fourth-order valence-electron chi connectivity index (χ4n) is 3.05. The molecule has 1 saturated heterocycles. The van der Waals surface area contributed by atoms with Crippen molar-refractivity contribution in [1.82, 2.24) is 4.90 Å². The van der Waals surface area contributed by atoms with E-state index < -0.39 is 0 Å². The van der Waals surface area contributed by atoms with Gasteiger partial charge in [0.2, 0.25) is 0 Å². The summed E-state index contributed by atoms with van der Waals surface area (Å²) in [5, 5.41) is 1.22. The van der Waals surface area contributed by atoms with Crippen molar-refractivity contribution in [3.05, 3.63) is 0 Å². The van der Waals surface area contributed by atoms with Gasteiger partial charge in [0, 0.05) is 11.9 Å². The third-order valence-electron chi connectivity index (χ3n) is 3.96. The maximum atomic E-state index is 3.75. The summed E-state index contributed by atoms with van der Waals surface area (Å²) in [5.41, 5.74) is 0.628. The second-order valence-corrected chi connectivity index (χ2v) is 5.74. The second kappa shape index (κ2) is 4.98. The molecule has 0 aromatic carbocycles. The Hall–Kier alpha value is 0.440. The minimum absolute atomic E-state index is 0.628. The quantitative estimate of drug-likeness (QED) is 0.703. The predicted molar refractivity (Wildman–Crippen MR) is 65.0 cm³/mol. The van der Waals surface area contributed by atoms with Crippen LogP contribution in [0.1, 0.15) is 44.9 Å². The molecule has 2 heteroatoms. The molecule has 2 fully saturated rings. The monoisotopic (exact) mass is 259 g/mol. The molecular formula is C12H22BrN. The Morgan fingerprint density at radius 1 is 0.929 bits per heavy atom. The average molecular weight is 260 g/mol. The van der Waals surface area contributed by atoms with E-state index in [1.165, 1.54) is 69.9 Å². The number of likely N-dealkylation sites (tertiary alicyclic amines) is 1. The molecule has 2 aliphatic rings. The normalized spacial score (nSPS) is 28.1. The Kier molecular flexibility index (Phi) is 3.89. The Labute approximate surface area is 96.4 Å². The molecule has 0 bridgehead atoms. The molecule has 82 valence electrons. The zero-order chi connectivity index (χ0) is 9.86. The first-order valence-electron chi connectivity index (χ1n) is 6.13. The van der Waals surface area contributed by atoms with Gasteiger partial charge in [-0.3, -0.25) is 0 Å². The molecule has 1 saturated carbocycles. The smallest absolute Gasteiger partial charge is 0.0100 e. The summed E-state index contributed by atoms with van der Waals surface area (Å²) in [5.74, 6) is 0. The van der Waals surface area contributed by atoms with E-state index in [1.807, 2.05) is 0 Å². The summed E-state index contributed by atoms with van der Waals surface area (Å²) in [6.45, 7) is 4.07. The molecule has 0 unspecified atom stereocenters. The van der Waals surface area contributed by atoms with Crippen LogP contribution in [0.4, 0.5) is 0 Å². The standard InChI is InChI=1S/C12H22BrN/c13-10-12(6-2-1-3-7-12)11-14-8-4-5-9-14/h1-11H2. The first-order valence-corrected chi connectivity index (χ1v) is 7.25. The summed E-state index contributed by atoms with van der Waals surface area (Å²) in [6, 6.07) is 0. The zero-order valence-corrected chi connectivity index (χ0v) is 10.7. The fraction of sp³-hybridized carbons (Fsp3) is 1.00. The summed E-state index contributed by atoms with van der Waals surface area (Å²) < 4.78 is 0. The number of nitrogens with zero attached hydrogens (tertiary/aromatic N) is 1. The summed E-state index contributed by atoms with van der Waals surface area (Å²) in [6.07, 6.45) is 10.1. The average Bonchev–Trinajstić information content (AvgIpc) is 2.72. The molecule has 2 rings (SSSR count). The van der Waals surface area contributed by atoms with Crippen LogP contribution >= 0.6 is 15.9 Å². The number of hydrogen-bond acceptors (Lipinski definition) is 1. The highest BCUT2D eigenvalue weighted by Crippen LogP contribution is 2.39. The predicted octanol–water partition coefficient (Wildman–Crippen LogP) is 3.43. The Morgan fingerprint density at radius 3 is 2.14 bits per heavy atom. The maximum Gasteiger partial charge on any atom is 0.0100 e. The van der Waals surface area contributed by atoms with Crippen molar-refractivity contribution in [3.63, 3.8) is 0 Å². The van der Waals surface area contributed by atoms with E-state index in [-0.39, 0.29) is 0 Å². The van der Waals surface area contributed by atoms with Crippen LogP contribution < -0.4 is 0 Å². The van der Waals surface area contributed by atoms with Crippen molar-refractivity contribution >= 4 is 15.9 Å². The number of rotatable bonds is 3. The van der Waals surface area contributed by atoms with Gasteiger partial charge in [0.25, 0.3) is 0 Å². The van der Waals surface area contributed by atoms with E-state index in [0.717, 1.165) is 0 Å². The van der Waals surface area contributed by atoms with E-state index in [9.17, 15) is 0 Å². The minimum Gasteiger partial charge on any atom is -0.303 e. The maximum absolute atomic E-state index is 3.75. The Balaban J connectivity index is 1.89. The van der Waals surface area contributed by atoms with E-state index in [0.29, 0.717) is 5.41 Å². The molecule has 0 atom stereocenters. The second-order valence-electron chi connectivity index (χ2n) is 5.18. The molecular weight excluding hydrogens is 238 g/mol. The highest BCUT2D eigenvalue weighted by molar-refractivity contribution is 9.09. The van der Waals surface area contributed by atoms with Gasteiger partial charge in [0.1, 0.15) is 0 Å². The number of hydrogen-bond donors (Lipinski definition) is 0. The van der Waals surface area contributed by atoms with Crippen LogP contribution in [-0.2, 0) is 0 Å². The Morgan fingerprint density at radius 2 is 1.57 bits per heavy atom. The minimum atomic E-state index is 0.628. The molecule has 1 nitrogen and oxygen atoms in total. The lowest BCUT2D eigenvalue weighted by atomic mass is 9.75. The largest absolute Gasteiger partial charge is 0.303 e. The molecule has 1 heterocycles. The lowest BCUT2D eigenvalue weighted by molar-refractivity contribution is 0.145. The SMILES string of the molecule is BrCC1(CN2CCCC2)CCCCC1. The summed E-state index contributed by atoms with van der Waals surface area (Å²) in [4.78, 5) is 2.69. The first-order chi connectivity index (χ1) is 6.85. The van der Waals surface area contributed by atoms with Crippen molar-refractivity contribution in [2.24, 2.45) is 5.41 Å². The summed E-state index contributed by atoms with van der Waals surface area (Å²) in [7, 11) is 0.